The smallest absolute Gasteiger partial charge is 0.146 e. The van der Waals surface area contributed by atoms with Gasteiger partial charge >= 0.3 is 0 Å². The summed E-state index contributed by atoms with van der Waals surface area (Å²) in [4.78, 5) is 2.39. The molecule has 5 nitrogen and oxygen atoms in total. The molecular formula is C25H25NO4. The molecule has 5 rings (SSSR count). The number of anilines is 1. The molecule has 1 saturated heterocycles. The van der Waals surface area contributed by atoms with Crippen LogP contribution in [0.4, 0.5) is 5.69 Å². The molecule has 5 heteroatoms. The fourth-order valence-electron chi connectivity index (χ4n) is 4.27. The quantitative estimate of drug-likeness (QED) is 0.623. The van der Waals surface area contributed by atoms with Crippen LogP contribution < -0.4 is 19.1 Å². The largest absolute Gasteiger partial charge is 0.497 e. The molecule has 0 N–H and O–H groups in total. The maximum atomic E-state index is 6.51. The Morgan fingerprint density at radius 3 is 2.50 bits per heavy atom. The minimum Gasteiger partial charge on any atom is -0.497 e. The summed E-state index contributed by atoms with van der Waals surface area (Å²) in [5.74, 6) is 2.40. The van der Waals surface area contributed by atoms with Gasteiger partial charge in [0, 0.05) is 47.4 Å². The van der Waals surface area contributed by atoms with Crippen molar-refractivity contribution in [3.8, 4) is 17.2 Å². The lowest BCUT2D eigenvalue weighted by molar-refractivity contribution is 0.123. The molecule has 0 spiro atoms. The highest BCUT2D eigenvalue weighted by molar-refractivity contribution is 6.02. The monoisotopic (exact) mass is 403 g/mol. The molecular weight excluding hydrogens is 378 g/mol. The van der Waals surface area contributed by atoms with Crippen molar-refractivity contribution in [3.63, 3.8) is 0 Å². The number of ether oxygens (including phenoxy) is 4. The molecule has 0 radical (unpaired) electrons. The summed E-state index contributed by atoms with van der Waals surface area (Å²) < 4.78 is 23.0. The van der Waals surface area contributed by atoms with Crippen LogP contribution in [0.15, 0.2) is 54.6 Å². The topological polar surface area (TPSA) is 40.2 Å². The lowest BCUT2D eigenvalue weighted by atomic mass is 9.97. The Morgan fingerprint density at radius 1 is 0.933 bits per heavy atom. The molecule has 0 aliphatic carbocycles. The Balaban J connectivity index is 1.58. The van der Waals surface area contributed by atoms with Crippen LogP contribution in [0.25, 0.3) is 16.8 Å². The average molecular weight is 403 g/mol. The fraction of sp³-hybridized carbons (Fsp3) is 0.280. The number of morpholine rings is 1. The Labute approximate surface area is 176 Å². The third-order valence-corrected chi connectivity index (χ3v) is 5.82. The zero-order valence-corrected chi connectivity index (χ0v) is 17.3. The first kappa shape index (κ1) is 18.8. The van der Waals surface area contributed by atoms with Crippen molar-refractivity contribution in [3.05, 3.63) is 65.7 Å². The van der Waals surface area contributed by atoms with E-state index in [-0.39, 0.29) is 6.10 Å². The summed E-state index contributed by atoms with van der Waals surface area (Å²) in [6.45, 7) is 3.26. The second-order valence-corrected chi connectivity index (χ2v) is 7.46. The second-order valence-electron chi connectivity index (χ2n) is 7.46. The molecule has 0 saturated carbocycles. The maximum absolute atomic E-state index is 6.51. The Bertz CT molecular complexity index is 1100. The van der Waals surface area contributed by atoms with Crippen molar-refractivity contribution in [2.24, 2.45) is 0 Å². The molecule has 2 aliphatic rings. The van der Waals surface area contributed by atoms with Crippen LogP contribution in [0.1, 0.15) is 17.2 Å². The lowest BCUT2D eigenvalue weighted by Gasteiger charge is -2.32. The highest BCUT2D eigenvalue weighted by atomic mass is 16.5. The molecule has 1 unspecified atom stereocenters. The molecule has 1 fully saturated rings. The minimum atomic E-state index is -0.225. The van der Waals surface area contributed by atoms with Crippen molar-refractivity contribution in [2.75, 3.05) is 45.4 Å². The van der Waals surface area contributed by atoms with Crippen molar-refractivity contribution in [2.45, 2.75) is 6.10 Å². The number of rotatable bonds is 4. The summed E-state index contributed by atoms with van der Waals surface area (Å²) >= 11 is 0. The fourth-order valence-corrected chi connectivity index (χ4v) is 4.27. The Morgan fingerprint density at radius 2 is 1.73 bits per heavy atom. The van der Waals surface area contributed by atoms with Crippen LogP contribution in [0.3, 0.4) is 0 Å². The highest BCUT2D eigenvalue weighted by Gasteiger charge is 2.24. The Hall–Kier alpha value is -3.18. The zero-order chi connectivity index (χ0) is 20.5. The summed E-state index contributed by atoms with van der Waals surface area (Å²) in [5.41, 5.74) is 3.29. The van der Waals surface area contributed by atoms with Crippen LogP contribution >= 0.6 is 0 Å². The van der Waals surface area contributed by atoms with Gasteiger partial charge in [-0.3, -0.25) is 0 Å². The Kier molecular flexibility index (Phi) is 4.97. The zero-order valence-electron chi connectivity index (χ0n) is 17.3. The summed E-state index contributed by atoms with van der Waals surface area (Å²) in [6.07, 6.45) is 4.03. The van der Waals surface area contributed by atoms with Gasteiger partial charge in [-0.25, -0.2) is 0 Å². The maximum Gasteiger partial charge on any atom is 0.146 e. The third-order valence-electron chi connectivity index (χ3n) is 5.82. The molecule has 1 atom stereocenters. The van der Waals surface area contributed by atoms with Gasteiger partial charge in [0.1, 0.15) is 23.4 Å². The van der Waals surface area contributed by atoms with Crippen molar-refractivity contribution in [1.29, 1.82) is 0 Å². The summed E-state index contributed by atoms with van der Waals surface area (Å²) in [5, 5.41) is 2.44. The van der Waals surface area contributed by atoms with Gasteiger partial charge in [-0.2, -0.15) is 0 Å². The van der Waals surface area contributed by atoms with Crippen molar-refractivity contribution in [1.82, 2.24) is 0 Å². The van der Waals surface area contributed by atoms with E-state index in [1.54, 1.807) is 14.2 Å². The molecule has 154 valence electrons. The molecule has 0 aromatic heterocycles. The van der Waals surface area contributed by atoms with Gasteiger partial charge < -0.3 is 23.8 Å². The molecule has 3 aromatic rings. The van der Waals surface area contributed by atoms with Gasteiger partial charge in [-0.1, -0.05) is 30.3 Å². The van der Waals surface area contributed by atoms with Crippen LogP contribution in [-0.4, -0.2) is 40.5 Å². The SMILES string of the molecule is COc1ccc(C2C=Cc3c(cc(N4CCOCC4)c4ccccc34)O2)c(OC)c1. The third kappa shape index (κ3) is 3.25. The molecule has 3 aromatic carbocycles. The minimum absolute atomic E-state index is 0.225. The van der Waals surface area contributed by atoms with Gasteiger partial charge in [-0.15, -0.1) is 0 Å². The molecule has 0 bridgehead atoms. The first-order valence-electron chi connectivity index (χ1n) is 10.2. The molecule has 2 heterocycles. The van der Waals surface area contributed by atoms with Crippen LogP contribution in [0, 0.1) is 0 Å². The molecule has 2 aliphatic heterocycles. The van der Waals surface area contributed by atoms with E-state index in [4.69, 9.17) is 18.9 Å². The van der Waals surface area contributed by atoms with E-state index in [9.17, 15) is 0 Å². The van der Waals surface area contributed by atoms with E-state index in [1.807, 2.05) is 18.2 Å². The first-order chi connectivity index (χ1) is 14.8. The van der Waals surface area contributed by atoms with Gasteiger partial charge in [0.25, 0.3) is 0 Å². The van der Waals surface area contributed by atoms with E-state index in [0.717, 1.165) is 54.7 Å². The predicted octanol–water partition coefficient (Wildman–Crippen LogP) is 4.84. The predicted molar refractivity (Wildman–Crippen MR) is 119 cm³/mol. The standard InChI is InChI=1S/C25H25NO4/c1-27-17-7-8-21(24(15-17)28-2)23-10-9-20-18-5-3-4-6-19(18)22(16-25(20)30-23)26-11-13-29-14-12-26/h3-10,15-16,23H,11-14H2,1-2H3. The van der Waals surface area contributed by atoms with Gasteiger partial charge in [0.15, 0.2) is 0 Å². The normalized spacial score (nSPS) is 18.1. The van der Waals surface area contributed by atoms with Crippen LogP contribution in [-0.2, 0) is 4.74 Å². The molecule has 30 heavy (non-hydrogen) atoms. The second kappa shape index (κ2) is 7.92. The van der Waals surface area contributed by atoms with E-state index in [2.05, 4.69) is 47.4 Å². The number of hydrogen-bond donors (Lipinski definition) is 0. The van der Waals surface area contributed by atoms with Gasteiger partial charge in [0.2, 0.25) is 0 Å². The average Bonchev–Trinajstić information content (AvgIpc) is 2.83. The lowest BCUT2D eigenvalue weighted by Crippen LogP contribution is -2.36. The number of hydrogen-bond acceptors (Lipinski definition) is 5. The highest BCUT2D eigenvalue weighted by Crippen LogP contribution is 2.43. The number of methoxy groups -OCH3 is 2. The van der Waals surface area contributed by atoms with Gasteiger partial charge in [-0.05, 0) is 23.6 Å². The van der Waals surface area contributed by atoms with Crippen LogP contribution in [0.2, 0.25) is 0 Å². The number of nitrogens with zero attached hydrogens (tertiary/aromatic N) is 1. The first-order valence-corrected chi connectivity index (χ1v) is 10.2. The van der Waals surface area contributed by atoms with E-state index in [1.165, 1.54) is 16.5 Å². The number of fused-ring (bicyclic) bond motifs is 3. The molecule has 0 amide bonds. The van der Waals surface area contributed by atoms with Gasteiger partial charge in [0.05, 0.1) is 27.4 Å². The van der Waals surface area contributed by atoms with E-state index >= 15 is 0 Å². The van der Waals surface area contributed by atoms with E-state index in [0.29, 0.717) is 0 Å². The van der Waals surface area contributed by atoms with Crippen LogP contribution in [0.5, 0.6) is 17.2 Å². The van der Waals surface area contributed by atoms with E-state index < -0.39 is 0 Å². The summed E-state index contributed by atoms with van der Waals surface area (Å²) in [6, 6.07) is 16.5. The van der Waals surface area contributed by atoms with Crippen molar-refractivity contribution < 1.29 is 18.9 Å². The van der Waals surface area contributed by atoms with Crippen molar-refractivity contribution >= 4 is 22.5 Å². The number of benzene rings is 3. The summed E-state index contributed by atoms with van der Waals surface area (Å²) in [7, 11) is 3.32.